The van der Waals surface area contributed by atoms with Crippen molar-refractivity contribution in [2.75, 3.05) is 40.3 Å². The molecule has 92 valence electrons. The largest absolute Gasteiger partial charge is 0.338 e. The minimum Gasteiger partial charge on any atom is -0.338 e. The smallest absolute Gasteiger partial charge is 0.319 e. The Labute approximate surface area is 104 Å². The molecule has 0 bridgehead atoms. The number of rotatable bonds is 1. The maximum absolute atomic E-state index is 11.7. The number of halogens is 1. The molecule has 1 unspecified atom stereocenters. The fraction of sp³-hybridized carbons (Fsp3) is 0.800. The van der Waals surface area contributed by atoms with Gasteiger partial charge in [0, 0.05) is 40.3 Å². The Morgan fingerprint density at radius 1 is 1.12 bits per heavy atom. The third-order valence-electron chi connectivity index (χ3n) is 2.58. The quantitative estimate of drug-likeness (QED) is 0.664. The van der Waals surface area contributed by atoms with E-state index >= 15 is 0 Å². The number of hydrogen-bond acceptors (Lipinski definition) is 2. The van der Waals surface area contributed by atoms with Gasteiger partial charge in [-0.25, -0.2) is 4.79 Å². The molecule has 1 heterocycles. The van der Waals surface area contributed by atoms with Crippen molar-refractivity contribution in [2.24, 2.45) is 0 Å². The molecule has 1 aliphatic rings. The van der Waals surface area contributed by atoms with Crippen LogP contribution >= 0.6 is 15.9 Å². The lowest BCUT2D eigenvalue weighted by Gasteiger charge is -2.36. The van der Waals surface area contributed by atoms with Gasteiger partial charge >= 0.3 is 6.03 Å². The molecule has 1 saturated heterocycles. The van der Waals surface area contributed by atoms with Crippen LogP contribution in [0.5, 0.6) is 0 Å². The van der Waals surface area contributed by atoms with Gasteiger partial charge in [0.05, 0.1) is 4.83 Å². The molecule has 0 aliphatic carbocycles. The summed E-state index contributed by atoms with van der Waals surface area (Å²) in [5, 5.41) is 0. The Bertz CT molecular complexity index is 245. The lowest BCUT2D eigenvalue weighted by molar-refractivity contribution is -0.131. The van der Waals surface area contributed by atoms with E-state index in [-0.39, 0.29) is 16.8 Å². The molecule has 0 aromatic rings. The number of carbonyl (C=O) groups excluding carboxylic acids is 2. The van der Waals surface area contributed by atoms with Crippen LogP contribution in [0.1, 0.15) is 6.92 Å². The van der Waals surface area contributed by atoms with Gasteiger partial charge in [-0.2, -0.15) is 0 Å². The predicted molar refractivity (Wildman–Crippen MR) is 65.6 cm³/mol. The van der Waals surface area contributed by atoms with Crippen LogP contribution < -0.4 is 0 Å². The van der Waals surface area contributed by atoms with Crippen molar-refractivity contribution in [3.63, 3.8) is 0 Å². The summed E-state index contributed by atoms with van der Waals surface area (Å²) in [6, 6.07) is 0.0130. The normalized spacial score (nSPS) is 18.2. The van der Waals surface area contributed by atoms with Gasteiger partial charge in [0.25, 0.3) is 0 Å². The summed E-state index contributed by atoms with van der Waals surface area (Å²) in [5.41, 5.74) is 0. The molecule has 1 rings (SSSR count). The first kappa shape index (κ1) is 13.3. The second-order valence-corrected chi connectivity index (χ2v) is 5.48. The summed E-state index contributed by atoms with van der Waals surface area (Å²) >= 11 is 3.26. The third kappa shape index (κ3) is 3.10. The Balaban J connectivity index is 2.45. The van der Waals surface area contributed by atoms with Gasteiger partial charge in [-0.15, -0.1) is 0 Å². The molecule has 0 radical (unpaired) electrons. The first-order chi connectivity index (χ1) is 7.43. The number of hydrogen-bond donors (Lipinski definition) is 0. The highest BCUT2D eigenvalue weighted by Crippen LogP contribution is 2.09. The molecule has 1 atom stereocenters. The Morgan fingerprint density at radius 3 is 1.94 bits per heavy atom. The fourth-order valence-electron chi connectivity index (χ4n) is 1.65. The minimum atomic E-state index is -0.149. The summed E-state index contributed by atoms with van der Waals surface area (Å²) in [4.78, 5) is 28.3. The van der Waals surface area contributed by atoms with E-state index in [0.29, 0.717) is 26.2 Å². The van der Waals surface area contributed by atoms with E-state index in [1.54, 1.807) is 28.8 Å². The zero-order valence-electron chi connectivity index (χ0n) is 9.94. The summed E-state index contributed by atoms with van der Waals surface area (Å²) in [7, 11) is 3.47. The molecule has 5 nitrogen and oxygen atoms in total. The van der Waals surface area contributed by atoms with Gasteiger partial charge in [0.1, 0.15) is 0 Å². The maximum Gasteiger partial charge on any atom is 0.319 e. The third-order valence-corrected chi connectivity index (χ3v) is 2.98. The summed E-state index contributed by atoms with van der Waals surface area (Å²) in [6.07, 6.45) is 0. The van der Waals surface area contributed by atoms with Gasteiger partial charge < -0.3 is 14.7 Å². The van der Waals surface area contributed by atoms with E-state index in [1.165, 1.54) is 0 Å². The second kappa shape index (κ2) is 5.52. The van der Waals surface area contributed by atoms with E-state index in [1.807, 2.05) is 6.92 Å². The second-order valence-electron chi connectivity index (χ2n) is 4.11. The van der Waals surface area contributed by atoms with Crippen molar-refractivity contribution in [3.8, 4) is 0 Å². The van der Waals surface area contributed by atoms with Crippen LogP contribution in [0.3, 0.4) is 0 Å². The minimum absolute atomic E-state index is 0.0130. The molecule has 1 aliphatic heterocycles. The van der Waals surface area contributed by atoms with Gasteiger partial charge in [-0.1, -0.05) is 15.9 Å². The molecule has 6 heteroatoms. The highest BCUT2D eigenvalue weighted by atomic mass is 79.9. The topological polar surface area (TPSA) is 43.9 Å². The maximum atomic E-state index is 11.7. The van der Waals surface area contributed by atoms with E-state index in [9.17, 15) is 9.59 Å². The zero-order valence-corrected chi connectivity index (χ0v) is 11.5. The monoisotopic (exact) mass is 291 g/mol. The van der Waals surface area contributed by atoms with E-state index in [0.717, 1.165) is 0 Å². The van der Waals surface area contributed by atoms with Crippen LogP contribution in [-0.2, 0) is 4.79 Å². The number of piperazine rings is 1. The number of nitrogens with zero attached hydrogens (tertiary/aromatic N) is 3. The van der Waals surface area contributed by atoms with Gasteiger partial charge in [-0.3, -0.25) is 4.79 Å². The predicted octanol–water partition coefficient (Wildman–Crippen LogP) is 0.596. The summed E-state index contributed by atoms with van der Waals surface area (Å²) < 4.78 is 0. The number of carbonyl (C=O) groups is 2. The van der Waals surface area contributed by atoms with E-state index in [4.69, 9.17) is 0 Å². The SMILES string of the molecule is CC(Br)C(=O)N1CCN(C(=O)N(C)C)CC1. The average Bonchev–Trinajstić information content (AvgIpc) is 2.27. The highest BCUT2D eigenvalue weighted by molar-refractivity contribution is 9.10. The van der Waals surface area contributed by atoms with Crippen molar-refractivity contribution >= 4 is 27.9 Å². The van der Waals surface area contributed by atoms with Gasteiger partial charge in [-0.05, 0) is 6.92 Å². The molecule has 0 spiro atoms. The van der Waals surface area contributed by atoms with Crippen LogP contribution in [0.25, 0.3) is 0 Å². The fourth-order valence-corrected chi connectivity index (χ4v) is 1.94. The highest BCUT2D eigenvalue weighted by Gasteiger charge is 2.26. The van der Waals surface area contributed by atoms with Crippen LogP contribution in [-0.4, -0.2) is 71.7 Å². The van der Waals surface area contributed by atoms with Crippen LogP contribution in [0.4, 0.5) is 4.79 Å². The van der Waals surface area contributed by atoms with Crippen molar-refractivity contribution in [1.82, 2.24) is 14.7 Å². The van der Waals surface area contributed by atoms with Crippen molar-refractivity contribution in [3.05, 3.63) is 0 Å². The summed E-state index contributed by atoms with van der Waals surface area (Å²) in [5.74, 6) is 0.0944. The van der Waals surface area contributed by atoms with Crippen LogP contribution in [0, 0.1) is 0 Å². The van der Waals surface area contributed by atoms with E-state index < -0.39 is 0 Å². The van der Waals surface area contributed by atoms with Gasteiger partial charge in [0.2, 0.25) is 5.91 Å². The summed E-state index contributed by atoms with van der Waals surface area (Å²) in [6.45, 7) is 4.29. The lowest BCUT2D eigenvalue weighted by atomic mass is 10.3. The molecule has 16 heavy (non-hydrogen) atoms. The standard InChI is InChI=1S/C10H18BrN3O2/c1-8(11)9(15)13-4-6-14(7-5-13)10(16)12(2)3/h8H,4-7H2,1-3H3. The molecule has 3 amide bonds. The number of urea groups is 1. The van der Waals surface area contributed by atoms with Crippen LogP contribution in [0.15, 0.2) is 0 Å². The van der Waals surface area contributed by atoms with E-state index in [2.05, 4.69) is 15.9 Å². The number of amides is 3. The Kier molecular flexibility index (Phi) is 4.58. The van der Waals surface area contributed by atoms with Crippen molar-refractivity contribution in [2.45, 2.75) is 11.8 Å². The average molecular weight is 292 g/mol. The molecule has 0 N–H and O–H groups in total. The number of alkyl halides is 1. The molecule has 1 fully saturated rings. The molecular weight excluding hydrogens is 274 g/mol. The van der Waals surface area contributed by atoms with Crippen molar-refractivity contribution < 1.29 is 9.59 Å². The Morgan fingerprint density at radius 2 is 1.56 bits per heavy atom. The first-order valence-corrected chi connectivity index (χ1v) is 6.24. The van der Waals surface area contributed by atoms with Crippen molar-refractivity contribution in [1.29, 1.82) is 0 Å². The van der Waals surface area contributed by atoms with Gasteiger partial charge in [0.15, 0.2) is 0 Å². The first-order valence-electron chi connectivity index (χ1n) is 5.32. The molecule has 0 aromatic heterocycles. The lowest BCUT2D eigenvalue weighted by Crippen LogP contribution is -2.53. The molecule has 0 aromatic carbocycles. The Hall–Kier alpha value is -0.780. The molecule has 0 saturated carbocycles. The van der Waals surface area contributed by atoms with Crippen LogP contribution in [0.2, 0.25) is 0 Å². The zero-order chi connectivity index (χ0) is 12.3. The molecular formula is C10H18BrN3O2.